The molecule has 0 saturated heterocycles. The van der Waals surface area contributed by atoms with Crippen LogP contribution in [0.1, 0.15) is 12.5 Å². The van der Waals surface area contributed by atoms with Gasteiger partial charge in [0.05, 0.1) is 18.0 Å². The van der Waals surface area contributed by atoms with Gasteiger partial charge < -0.3 is 21.3 Å². The lowest BCUT2D eigenvalue weighted by Gasteiger charge is -2.22. The molecule has 0 saturated carbocycles. The van der Waals surface area contributed by atoms with Gasteiger partial charge in [-0.2, -0.15) is 0 Å². The summed E-state index contributed by atoms with van der Waals surface area (Å²) in [4.78, 5) is 0. The SMILES string of the molecule is Cc1ccc(N)c(NCC(C)(O)CO)c1. The highest BCUT2D eigenvalue weighted by molar-refractivity contribution is 5.67. The fourth-order valence-corrected chi connectivity index (χ4v) is 1.16. The molecule has 0 aliphatic rings. The average molecular weight is 210 g/mol. The lowest BCUT2D eigenvalue weighted by molar-refractivity contribution is 0.0132. The quantitative estimate of drug-likeness (QED) is 0.552. The standard InChI is InChI=1S/C11H18N2O2/c1-8-3-4-9(12)10(5-8)13-6-11(2,15)7-14/h3-5,13-15H,6-7,12H2,1-2H3. The Morgan fingerprint density at radius 3 is 2.73 bits per heavy atom. The summed E-state index contributed by atoms with van der Waals surface area (Å²) in [5.41, 5.74) is 7.13. The summed E-state index contributed by atoms with van der Waals surface area (Å²) in [6.45, 7) is 3.50. The molecule has 0 aliphatic heterocycles. The van der Waals surface area contributed by atoms with E-state index in [1.165, 1.54) is 0 Å². The number of nitrogen functional groups attached to an aromatic ring is 1. The first-order valence-corrected chi connectivity index (χ1v) is 4.88. The number of hydrogen-bond donors (Lipinski definition) is 4. The first kappa shape index (κ1) is 11.8. The van der Waals surface area contributed by atoms with Gasteiger partial charge in [0, 0.05) is 6.54 Å². The van der Waals surface area contributed by atoms with Gasteiger partial charge in [0.15, 0.2) is 0 Å². The first-order chi connectivity index (χ1) is 6.94. The largest absolute Gasteiger partial charge is 0.397 e. The van der Waals surface area contributed by atoms with Crippen molar-refractivity contribution in [2.24, 2.45) is 0 Å². The van der Waals surface area contributed by atoms with Crippen LogP contribution in [0.3, 0.4) is 0 Å². The molecule has 0 fully saturated rings. The van der Waals surface area contributed by atoms with E-state index in [9.17, 15) is 5.11 Å². The van der Waals surface area contributed by atoms with E-state index in [2.05, 4.69) is 5.32 Å². The second-order valence-corrected chi connectivity index (χ2v) is 4.10. The number of benzene rings is 1. The van der Waals surface area contributed by atoms with E-state index >= 15 is 0 Å². The van der Waals surface area contributed by atoms with Crippen molar-refractivity contribution in [1.29, 1.82) is 0 Å². The van der Waals surface area contributed by atoms with E-state index in [-0.39, 0.29) is 13.2 Å². The molecule has 0 bridgehead atoms. The monoisotopic (exact) mass is 210 g/mol. The first-order valence-electron chi connectivity index (χ1n) is 4.88. The number of anilines is 2. The molecule has 0 heterocycles. The van der Waals surface area contributed by atoms with Gasteiger partial charge in [0.25, 0.3) is 0 Å². The average Bonchev–Trinajstić information content (AvgIpc) is 2.20. The summed E-state index contributed by atoms with van der Waals surface area (Å²) in [6, 6.07) is 5.64. The Kier molecular flexibility index (Phi) is 3.55. The molecule has 15 heavy (non-hydrogen) atoms. The van der Waals surface area contributed by atoms with Crippen LogP contribution in [0.5, 0.6) is 0 Å². The van der Waals surface area contributed by atoms with Crippen LogP contribution in [0.15, 0.2) is 18.2 Å². The number of aryl methyl sites for hydroxylation is 1. The van der Waals surface area contributed by atoms with Gasteiger partial charge in [-0.3, -0.25) is 0 Å². The molecule has 0 spiro atoms. The lowest BCUT2D eigenvalue weighted by Crippen LogP contribution is -2.37. The molecule has 0 aromatic heterocycles. The highest BCUT2D eigenvalue weighted by Gasteiger charge is 2.18. The molecule has 1 atom stereocenters. The minimum absolute atomic E-state index is 0.261. The third-order valence-corrected chi connectivity index (χ3v) is 2.21. The van der Waals surface area contributed by atoms with E-state index in [0.29, 0.717) is 5.69 Å². The molecule has 4 nitrogen and oxygen atoms in total. The molecular formula is C11H18N2O2. The Morgan fingerprint density at radius 2 is 2.13 bits per heavy atom. The van der Waals surface area contributed by atoms with Gasteiger partial charge in [0.1, 0.15) is 5.60 Å². The van der Waals surface area contributed by atoms with Crippen LogP contribution in [-0.4, -0.2) is 29.0 Å². The van der Waals surface area contributed by atoms with Crippen LogP contribution in [0.25, 0.3) is 0 Å². The molecule has 4 heteroatoms. The molecule has 0 aliphatic carbocycles. The maximum Gasteiger partial charge on any atom is 0.102 e. The Bertz CT molecular complexity index is 337. The van der Waals surface area contributed by atoms with Crippen LogP contribution in [0, 0.1) is 6.92 Å². The molecule has 0 radical (unpaired) electrons. The molecule has 1 unspecified atom stereocenters. The minimum atomic E-state index is -1.13. The zero-order valence-corrected chi connectivity index (χ0v) is 9.12. The van der Waals surface area contributed by atoms with E-state index in [4.69, 9.17) is 10.8 Å². The van der Waals surface area contributed by atoms with Gasteiger partial charge in [-0.1, -0.05) is 6.07 Å². The van der Waals surface area contributed by atoms with Crippen molar-refractivity contribution in [3.05, 3.63) is 23.8 Å². The maximum atomic E-state index is 9.59. The zero-order valence-electron chi connectivity index (χ0n) is 9.12. The summed E-state index contributed by atoms with van der Waals surface area (Å²) in [7, 11) is 0. The molecule has 1 aromatic carbocycles. The van der Waals surface area contributed by atoms with E-state index in [1.54, 1.807) is 6.92 Å². The number of aliphatic hydroxyl groups excluding tert-OH is 1. The Hall–Kier alpha value is -1.26. The number of aliphatic hydroxyl groups is 2. The minimum Gasteiger partial charge on any atom is -0.397 e. The van der Waals surface area contributed by atoms with Crippen LogP contribution in [0.4, 0.5) is 11.4 Å². The molecule has 84 valence electrons. The lowest BCUT2D eigenvalue weighted by atomic mass is 10.1. The van der Waals surface area contributed by atoms with E-state index < -0.39 is 5.60 Å². The van der Waals surface area contributed by atoms with Crippen molar-refractivity contribution >= 4 is 11.4 Å². The van der Waals surface area contributed by atoms with Crippen molar-refractivity contribution in [2.75, 3.05) is 24.2 Å². The highest BCUT2D eigenvalue weighted by atomic mass is 16.3. The molecule has 1 rings (SSSR count). The third kappa shape index (κ3) is 3.42. The van der Waals surface area contributed by atoms with Crippen molar-refractivity contribution < 1.29 is 10.2 Å². The van der Waals surface area contributed by atoms with Gasteiger partial charge in [-0.15, -0.1) is 0 Å². The predicted molar refractivity (Wildman–Crippen MR) is 61.8 cm³/mol. The second-order valence-electron chi connectivity index (χ2n) is 4.10. The summed E-state index contributed by atoms with van der Waals surface area (Å²) in [5.74, 6) is 0. The van der Waals surface area contributed by atoms with Crippen LogP contribution in [0.2, 0.25) is 0 Å². The Morgan fingerprint density at radius 1 is 1.47 bits per heavy atom. The van der Waals surface area contributed by atoms with Crippen LogP contribution < -0.4 is 11.1 Å². The topological polar surface area (TPSA) is 78.5 Å². The second kappa shape index (κ2) is 4.51. The normalized spacial score (nSPS) is 14.7. The molecule has 1 aromatic rings. The maximum absolute atomic E-state index is 9.59. The molecular weight excluding hydrogens is 192 g/mol. The smallest absolute Gasteiger partial charge is 0.102 e. The predicted octanol–water partition coefficient (Wildman–Crippen LogP) is 0.732. The number of nitrogens with one attached hydrogen (secondary N) is 1. The zero-order chi connectivity index (χ0) is 11.5. The fourth-order valence-electron chi connectivity index (χ4n) is 1.16. The summed E-state index contributed by atoms with van der Waals surface area (Å²) >= 11 is 0. The number of rotatable bonds is 4. The molecule has 5 N–H and O–H groups in total. The van der Waals surface area contributed by atoms with Gasteiger partial charge in [-0.05, 0) is 31.5 Å². The third-order valence-electron chi connectivity index (χ3n) is 2.21. The van der Waals surface area contributed by atoms with Gasteiger partial charge in [-0.25, -0.2) is 0 Å². The summed E-state index contributed by atoms with van der Waals surface area (Å²) in [5, 5.41) is 21.5. The number of hydrogen-bond acceptors (Lipinski definition) is 4. The Labute approximate surface area is 89.7 Å². The molecule has 0 amide bonds. The van der Waals surface area contributed by atoms with E-state index in [1.807, 2.05) is 25.1 Å². The number of nitrogens with two attached hydrogens (primary N) is 1. The van der Waals surface area contributed by atoms with Crippen molar-refractivity contribution in [3.63, 3.8) is 0 Å². The van der Waals surface area contributed by atoms with Crippen LogP contribution >= 0.6 is 0 Å². The summed E-state index contributed by atoms with van der Waals surface area (Å²) in [6.07, 6.45) is 0. The van der Waals surface area contributed by atoms with Crippen molar-refractivity contribution in [2.45, 2.75) is 19.4 Å². The fraction of sp³-hybridized carbons (Fsp3) is 0.455. The Balaban J connectivity index is 2.69. The van der Waals surface area contributed by atoms with Crippen LogP contribution in [-0.2, 0) is 0 Å². The van der Waals surface area contributed by atoms with Gasteiger partial charge in [0.2, 0.25) is 0 Å². The summed E-state index contributed by atoms with van der Waals surface area (Å²) < 4.78 is 0. The van der Waals surface area contributed by atoms with E-state index in [0.717, 1.165) is 11.3 Å². The van der Waals surface area contributed by atoms with Gasteiger partial charge >= 0.3 is 0 Å². The highest BCUT2D eigenvalue weighted by Crippen LogP contribution is 2.20. The van der Waals surface area contributed by atoms with Crippen molar-refractivity contribution in [3.8, 4) is 0 Å². The van der Waals surface area contributed by atoms with Crippen molar-refractivity contribution in [1.82, 2.24) is 0 Å².